The Morgan fingerprint density at radius 1 is 1.52 bits per heavy atom. The third-order valence-electron chi connectivity index (χ3n) is 3.03. The summed E-state index contributed by atoms with van der Waals surface area (Å²) >= 11 is 1.55. The predicted octanol–water partition coefficient (Wildman–Crippen LogP) is 0.988. The Hall–Kier alpha value is -1.70. The summed E-state index contributed by atoms with van der Waals surface area (Å²) < 4.78 is 1.71. The SMILES string of the molecule is CCc1cc(CNC(=O)NC(CCSC)C(=O)O)n(C)n1. The maximum Gasteiger partial charge on any atom is 0.326 e. The number of urea groups is 1. The number of carboxylic acid groups (broad SMARTS) is 1. The molecule has 0 aliphatic rings. The molecule has 0 spiro atoms. The summed E-state index contributed by atoms with van der Waals surface area (Å²) in [5.74, 6) is -0.341. The van der Waals surface area contributed by atoms with Crippen LogP contribution >= 0.6 is 11.8 Å². The minimum absolute atomic E-state index is 0.310. The normalized spacial score (nSPS) is 12.0. The lowest BCUT2D eigenvalue weighted by atomic mass is 10.2. The highest BCUT2D eigenvalue weighted by Crippen LogP contribution is 2.04. The zero-order valence-corrected chi connectivity index (χ0v) is 13.4. The maximum absolute atomic E-state index is 11.8. The Morgan fingerprint density at radius 3 is 2.76 bits per heavy atom. The van der Waals surface area contributed by atoms with E-state index in [-0.39, 0.29) is 0 Å². The van der Waals surface area contributed by atoms with Crippen LogP contribution in [0.25, 0.3) is 0 Å². The van der Waals surface area contributed by atoms with Crippen molar-refractivity contribution in [1.29, 1.82) is 0 Å². The van der Waals surface area contributed by atoms with E-state index in [9.17, 15) is 9.59 Å². The lowest BCUT2D eigenvalue weighted by Crippen LogP contribution is -2.46. The second-order valence-electron chi connectivity index (χ2n) is 4.60. The maximum atomic E-state index is 11.8. The van der Waals surface area contributed by atoms with E-state index in [0.29, 0.717) is 18.7 Å². The number of rotatable bonds is 8. The summed E-state index contributed by atoms with van der Waals surface area (Å²) in [6.45, 7) is 2.32. The predicted molar refractivity (Wildman–Crippen MR) is 82.4 cm³/mol. The van der Waals surface area contributed by atoms with E-state index >= 15 is 0 Å². The van der Waals surface area contributed by atoms with Gasteiger partial charge in [-0.25, -0.2) is 9.59 Å². The molecule has 0 bridgehead atoms. The van der Waals surface area contributed by atoms with E-state index in [1.165, 1.54) is 0 Å². The fourth-order valence-electron chi connectivity index (χ4n) is 1.78. The van der Waals surface area contributed by atoms with Gasteiger partial charge in [0.25, 0.3) is 0 Å². The van der Waals surface area contributed by atoms with Crippen molar-refractivity contribution in [3.05, 3.63) is 17.5 Å². The molecule has 1 heterocycles. The molecule has 2 amide bonds. The summed E-state index contributed by atoms with van der Waals surface area (Å²) in [5.41, 5.74) is 1.83. The van der Waals surface area contributed by atoms with Crippen LogP contribution in [-0.4, -0.2) is 44.9 Å². The number of aromatic nitrogens is 2. The van der Waals surface area contributed by atoms with Gasteiger partial charge >= 0.3 is 12.0 Å². The van der Waals surface area contributed by atoms with Crippen molar-refractivity contribution in [2.75, 3.05) is 12.0 Å². The average molecular weight is 314 g/mol. The van der Waals surface area contributed by atoms with Crippen LogP contribution in [0.4, 0.5) is 4.79 Å². The van der Waals surface area contributed by atoms with Gasteiger partial charge < -0.3 is 15.7 Å². The second kappa shape index (κ2) is 8.56. The Morgan fingerprint density at radius 2 is 2.24 bits per heavy atom. The van der Waals surface area contributed by atoms with Crippen LogP contribution < -0.4 is 10.6 Å². The largest absolute Gasteiger partial charge is 0.480 e. The first kappa shape index (κ1) is 17.4. The van der Waals surface area contributed by atoms with E-state index in [0.717, 1.165) is 17.8 Å². The molecule has 8 heteroatoms. The van der Waals surface area contributed by atoms with E-state index in [4.69, 9.17) is 5.11 Å². The molecule has 0 aliphatic carbocycles. The minimum atomic E-state index is -1.02. The van der Waals surface area contributed by atoms with Crippen molar-refractivity contribution in [2.24, 2.45) is 7.05 Å². The Balaban J connectivity index is 2.48. The number of nitrogens with one attached hydrogen (secondary N) is 2. The van der Waals surface area contributed by atoms with Crippen molar-refractivity contribution < 1.29 is 14.7 Å². The van der Waals surface area contributed by atoms with E-state index in [1.54, 1.807) is 16.4 Å². The van der Waals surface area contributed by atoms with Crippen LogP contribution in [0.5, 0.6) is 0 Å². The number of amides is 2. The zero-order valence-electron chi connectivity index (χ0n) is 12.5. The number of carboxylic acids is 1. The first-order valence-corrected chi connectivity index (χ1v) is 8.15. The summed E-state index contributed by atoms with van der Waals surface area (Å²) in [6, 6.07) is 0.570. The van der Waals surface area contributed by atoms with Crippen LogP contribution in [-0.2, 0) is 24.8 Å². The molecule has 0 aliphatic heterocycles. The number of carbonyl (C=O) groups is 2. The van der Waals surface area contributed by atoms with Gasteiger partial charge in [0.15, 0.2) is 0 Å². The smallest absolute Gasteiger partial charge is 0.326 e. The Bertz CT molecular complexity index is 490. The molecule has 1 unspecified atom stereocenters. The molecule has 21 heavy (non-hydrogen) atoms. The van der Waals surface area contributed by atoms with Crippen LogP contribution in [0.1, 0.15) is 24.7 Å². The van der Waals surface area contributed by atoms with Gasteiger partial charge in [-0.1, -0.05) is 6.92 Å². The molecule has 1 atom stereocenters. The molecule has 7 nitrogen and oxygen atoms in total. The summed E-state index contributed by atoms with van der Waals surface area (Å²) in [5, 5.41) is 18.5. The highest BCUT2D eigenvalue weighted by molar-refractivity contribution is 7.98. The van der Waals surface area contributed by atoms with Gasteiger partial charge in [-0.2, -0.15) is 16.9 Å². The molecule has 0 aromatic carbocycles. The monoisotopic (exact) mass is 314 g/mol. The fraction of sp³-hybridized carbons (Fsp3) is 0.615. The van der Waals surface area contributed by atoms with Gasteiger partial charge in [0, 0.05) is 7.05 Å². The number of nitrogens with zero attached hydrogens (tertiary/aromatic N) is 2. The molecular weight excluding hydrogens is 292 g/mol. The summed E-state index contributed by atoms with van der Waals surface area (Å²) in [4.78, 5) is 22.8. The zero-order chi connectivity index (χ0) is 15.8. The van der Waals surface area contributed by atoms with E-state index in [2.05, 4.69) is 15.7 Å². The van der Waals surface area contributed by atoms with Gasteiger partial charge in [0.1, 0.15) is 6.04 Å². The minimum Gasteiger partial charge on any atom is -0.480 e. The molecule has 1 rings (SSSR count). The molecule has 1 aromatic heterocycles. The number of carbonyl (C=O) groups excluding carboxylic acids is 1. The van der Waals surface area contributed by atoms with Crippen LogP contribution in [0.2, 0.25) is 0 Å². The van der Waals surface area contributed by atoms with Crippen molar-refractivity contribution in [3.8, 4) is 0 Å². The molecule has 0 fully saturated rings. The molecule has 0 saturated carbocycles. The topological polar surface area (TPSA) is 96.3 Å². The lowest BCUT2D eigenvalue weighted by Gasteiger charge is -2.14. The van der Waals surface area contributed by atoms with Crippen molar-refractivity contribution in [2.45, 2.75) is 32.4 Å². The second-order valence-corrected chi connectivity index (χ2v) is 5.59. The lowest BCUT2D eigenvalue weighted by molar-refractivity contribution is -0.139. The van der Waals surface area contributed by atoms with E-state index < -0.39 is 18.0 Å². The number of thioether (sulfide) groups is 1. The van der Waals surface area contributed by atoms with Gasteiger partial charge in [0.05, 0.1) is 17.9 Å². The van der Waals surface area contributed by atoms with Crippen LogP contribution in [0, 0.1) is 0 Å². The number of hydrogen-bond acceptors (Lipinski definition) is 4. The average Bonchev–Trinajstić information content (AvgIpc) is 2.81. The Kier molecular flexibility index (Phi) is 7.07. The van der Waals surface area contributed by atoms with Crippen molar-refractivity contribution >= 4 is 23.8 Å². The highest BCUT2D eigenvalue weighted by Gasteiger charge is 2.19. The molecule has 0 radical (unpaired) electrons. The molecule has 118 valence electrons. The summed E-state index contributed by atoms with van der Waals surface area (Å²) in [6.07, 6.45) is 3.12. The first-order valence-electron chi connectivity index (χ1n) is 6.75. The van der Waals surface area contributed by atoms with Gasteiger partial charge in [-0.3, -0.25) is 4.68 Å². The number of hydrogen-bond donors (Lipinski definition) is 3. The summed E-state index contributed by atoms with van der Waals surface area (Å²) in [7, 11) is 1.81. The van der Waals surface area contributed by atoms with E-state index in [1.807, 2.05) is 26.3 Å². The van der Waals surface area contributed by atoms with Gasteiger partial charge in [0.2, 0.25) is 0 Å². The third-order valence-corrected chi connectivity index (χ3v) is 3.68. The van der Waals surface area contributed by atoms with Gasteiger partial charge in [-0.15, -0.1) is 0 Å². The van der Waals surface area contributed by atoms with Crippen molar-refractivity contribution in [3.63, 3.8) is 0 Å². The quantitative estimate of drug-likeness (QED) is 0.665. The van der Waals surface area contributed by atoms with Crippen molar-refractivity contribution in [1.82, 2.24) is 20.4 Å². The molecular formula is C13H22N4O3S. The third kappa shape index (κ3) is 5.66. The van der Waals surface area contributed by atoms with Gasteiger partial charge in [-0.05, 0) is 30.9 Å². The standard InChI is InChI=1S/C13H22N4O3S/c1-4-9-7-10(17(2)16-9)8-14-13(20)15-11(12(18)19)5-6-21-3/h7,11H,4-6,8H2,1-3H3,(H,18,19)(H2,14,15,20). The van der Waals surface area contributed by atoms with Crippen LogP contribution in [0.15, 0.2) is 6.07 Å². The fourth-order valence-corrected chi connectivity index (χ4v) is 2.25. The molecule has 0 saturated heterocycles. The highest BCUT2D eigenvalue weighted by atomic mass is 32.2. The molecule has 3 N–H and O–H groups in total. The van der Waals surface area contributed by atoms with Crippen LogP contribution in [0.3, 0.4) is 0 Å². The first-order chi connectivity index (χ1) is 9.97. The number of aryl methyl sites for hydroxylation is 2. The molecule has 1 aromatic rings. The Labute approximate surface area is 128 Å². The number of aliphatic carboxylic acids is 1.